The number of halogens is 1. The summed E-state index contributed by atoms with van der Waals surface area (Å²) in [7, 11) is -3.02. The van der Waals surface area contributed by atoms with Gasteiger partial charge in [0.25, 0.3) is 0 Å². The summed E-state index contributed by atoms with van der Waals surface area (Å²) >= 11 is 1.39. The van der Waals surface area contributed by atoms with E-state index in [1.807, 2.05) is 20.8 Å². The quantitative estimate of drug-likeness (QED) is 0.369. The van der Waals surface area contributed by atoms with E-state index in [0.29, 0.717) is 53.3 Å². The molecule has 0 aliphatic carbocycles. The van der Waals surface area contributed by atoms with Gasteiger partial charge < -0.3 is 25.2 Å². The van der Waals surface area contributed by atoms with Gasteiger partial charge in [-0.3, -0.25) is 4.79 Å². The number of sulfone groups is 1. The SMILES string of the molecule is CC(=O)Nc1cccc(-c2nc(N3C4CCC3CN(C(=O)OC(C)(C)C)C4)sc2-c2ccnc(NC3CCS(=O)(=O)CC3)n2)c1F. The van der Waals surface area contributed by atoms with E-state index < -0.39 is 27.2 Å². The number of anilines is 3. The fourth-order valence-electron chi connectivity index (χ4n) is 6.24. The average molecular weight is 672 g/mol. The molecule has 6 rings (SSSR count). The summed E-state index contributed by atoms with van der Waals surface area (Å²) in [5.41, 5.74) is 0.584. The predicted octanol–water partition coefficient (Wildman–Crippen LogP) is 4.94. The van der Waals surface area contributed by atoms with Gasteiger partial charge in [0, 0.05) is 49.9 Å². The number of thiazole rings is 1. The van der Waals surface area contributed by atoms with Crippen LogP contribution in [0.4, 0.5) is 26.0 Å². The molecule has 0 spiro atoms. The minimum absolute atomic E-state index is 0.0129. The van der Waals surface area contributed by atoms with E-state index in [4.69, 9.17) is 14.7 Å². The lowest BCUT2D eigenvalue weighted by Crippen LogP contribution is -2.56. The van der Waals surface area contributed by atoms with E-state index in [1.165, 1.54) is 24.3 Å². The molecule has 2 bridgehead atoms. The molecule has 46 heavy (non-hydrogen) atoms. The van der Waals surface area contributed by atoms with Crippen molar-refractivity contribution >= 4 is 49.9 Å². The van der Waals surface area contributed by atoms with Crippen LogP contribution in [-0.2, 0) is 19.4 Å². The molecule has 3 saturated heterocycles. The van der Waals surface area contributed by atoms with Gasteiger partial charge >= 0.3 is 6.09 Å². The first-order valence-corrected chi connectivity index (χ1v) is 18.0. The third kappa shape index (κ3) is 6.94. The number of nitrogens with zero attached hydrogens (tertiary/aromatic N) is 5. The van der Waals surface area contributed by atoms with Crippen LogP contribution in [0.2, 0.25) is 0 Å². The van der Waals surface area contributed by atoms with E-state index in [9.17, 15) is 18.0 Å². The third-order valence-corrected chi connectivity index (χ3v) is 11.1. The second-order valence-electron chi connectivity index (χ2n) is 13.0. The largest absolute Gasteiger partial charge is 0.444 e. The Morgan fingerprint density at radius 2 is 1.74 bits per heavy atom. The van der Waals surface area contributed by atoms with Crippen LogP contribution < -0.4 is 15.5 Å². The number of likely N-dealkylation sites (tertiary alicyclic amines) is 1. The Hall–Kier alpha value is -3.85. The standard InChI is InChI=1S/C31H38FN7O5S2/c1-18(40)34-23-7-5-6-22(25(23)32)26-27(24-10-13-33-28(36-24)35-19-11-14-46(42,43)15-12-19)45-29(37-26)39-20-8-9-21(39)17-38(16-20)30(41)44-31(2,3)4/h5-7,10,13,19-21H,8-9,11-12,14-17H2,1-4H3,(H,34,40)(H,33,35,36). The van der Waals surface area contributed by atoms with Crippen LogP contribution in [0.1, 0.15) is 53.4 Å². The number of benzene rings is 1. The van der Waals surface area contributed by atoms with Crippen LogP contribution in [0, 0.1) is 5.82 Å². The first kappa shape index (κ1) is 32.1. The molecule has 246 valence electrons. The number of nitrogens with one attached hydrogen (secondary N) is 2. The van der Waals surface area contributed by atoms with Crippen molar-refractivity contribution in [1.82, 2.24) is 19.9 Å². The normalized spacial score (nSPS) is 21.2. The monoisotopic (exact) mass is 671 g/mol. The van der Waals surface area contributed by atoms with Gasteiger partial charge in [0.1, 0.15) is 15.4 Å². The zero-order chi connectivity index (χ0) is 32.8. The summed E-state index contributed by atoms with van der Waals surface area (Å²) < 4.78 is 45.4. The van der Waals surface area contributed by atoms with E-state index in [0.717, 1.165) is 12.8 Å². The molecular formula is C31H38FN7O5S2. The summed E-state index contributed by atoms with van der Waals surface area (Å²) in [6.07, 6.45) is 3.95. The van der Waals surface area contributed by atoms with E-state index >= 15 is 4.39 Å². The number of hydrogen-bond donors (Lipinski definition) is 2. The van der Waals surface area contributed by atoms with Gasteiger partial charge in [-0.25, -0.2) is 32.6 Å². The van der Waals surface area contributed by atoms with Crippen molar-refractivity contribution in [1.29, 1.82) is 0 Å². The number of aromatic nitrogens is 3. The number of piperazine rings is 1. The fraction of sp³-hybridized carbons (Fsp3) is 0.516. The number of carbonyl (C=O) groups excluding carboxylic acids is 2. The van der Waals surface area contributed by atoms with Gasteiger partial charge in [-0.1, -0.05) is 17.4 Å². The zero-order valence-corrected chi connectivity index (χ0v) is 27.9. The van der Waals surface area contributed by atoms with Crippen molar-refractivity contribution in [2.75, 3.05) is 40.1 Å². The molecule has 15 heteroatoms. The number of carbonyl (C=O) groups is 2. The molecule has 5 heterocycles. The van der Waals surface area contributed by atoms with E-state index in [1.54, 1.807) is 29.3 Å². The highest BCUT2D eigenvalue weighted by atomic mass is 32.2. The molecule has 3 aromatic rings. The van der Waals surface area contributed by atoms with Crippen molar-refractivity contribution in [2.24, 2.45) is 0 Å². The molecule has 2 aromatic heterocycles. The smallest absolute Gasteiger partial charge is 0.410 e. The Labute approximate surface area is 271 Å². The first-order chi connectivity index (χ1) is 21.8. The highest BCUT2D eigenvalue weighted by molar-refractivity contribution is 7.91. The third-order valence-electron chi connectivity index (χ3n) is 8.31. The van der Waals surface area contributed by atoms with Crippen LogP contribution in [0.3, 0.4) is 0 Å². The molecule has 2 N–H and O–H groups in total. The minimum atomic E-state index is -3.02. The van der Waals surface area contributed by atoms with E-state index in [2.05, 4.69) is 20.5 Å². The average Bonchev–Trinajstić information content (AvgIpc) is 3.52. The zero-order valence-electron chi connectivity index (χ0n) is 26.2. The highest BCUT2D eigenvalue weighted by Crippen LogP contribution is 2.45. The van der Waals surface area contributed by atoms with Gasteiger partial charge in [0.05, 0.1) is 33.5 Å². The van der Waals surface area contributed by atoms with Crippen LogP contribution >= 0.6 is 11.3 Å². The number of ether oxygens (including phenoxy) is 1. The molecule has 1 aromatic carbocycles. The van der Waals surface area contributed by atoms with Crippen LogP contribution in [-0.4, -0.2) is 88.6 Å². The molecule has 0 radical (unpaired) electrons. The van der Waals surface area contributed by atoms with Gasteiger partial charge in [0.2, 0.25) is 11.9 Å². The maximum Gasteiger partial charge on any atom is 0.410 e. The maximum atomic E-state index is 15.9. The molecule has 3 aliphatic heterocycles. The molecule has 2 amide bonds. The van der Waals surface area contributed by atoms with Gasteiger partial charge in [0.15, 0.2) is 10.9 Å². The summed E-state index contributed by atoms with van der Waals surface area (Å²) in [6, 6.07) is 6.47. The second-order valence-corrected chi connectivity index (χ2v) is 16.3. The van der Waals surface area contributed by atoms with Crippen molar-refractivity contribution in [3.8, 4) is 21.8 Å². The number of rotatable bonds is 6. The lowest BCUT2D eigenvalue weighted by Gasteiger charge is -2.41. The molecule has 0 saturated carbocycles. The van der Waals surface area contributed by atoms with Gasteiger partial charge in [-0.2, -0.15) is 0 Å². The van der Waals surface area contributed by atoms with Crippen molar-refractivity contribution in [3.63, 3.8) is 0 Å². The lowest BCUT2D eigenvalue weighted by molar-refractivity contribution is -0.114. The van der Waals surface area contributed by atoms with Gasteiger partial charge in [-0.05, 0) is 64.7 Å². The predicted molar refractivity (Wildman–Crippen MR) is 175 cm³/mol. The Kier molecular flexibility index (Phi) is 8.65. The Morgan fingerprint density at radius 1 is 1.04 bits per heavy atom. The Balaban J connectivity index is 1.35. The molecule has 12 nitrogen and oxygen atoms in total. The van der Waals surface area contributed by atoms with Crippen LogP contribution in [0.15, 0.2) is 30.5 Å². The first-order valence-electron chi connectivity index (χ1n) is 15.4. The highest BCUT2D eigenvalue weighted by Gasteiger charge is 2.44. The van der Waals surface area contributed by atoms with Crippen LogP contribution in [0.25, 0.3) is 21.8 Å². The number of amides is 2. The fourth-order valence-corrected chi connectivity index (χ4v) is 8.92. The molecule has 3 aliphatic rings. The number of hydrogen-bond acceptors (Lipinski definition) is 11. The molecular weight excluding hydrogens is 634 g/mol. The van der Waals surface area contributed by atoms with Crippen molar-refractivity contribution < 1.29 is 27.1 Å². The Morgan fingerprint density at radius 3 is 2.39 bits per heavy atom. The molecule has 2 atom stereocenters. The summed E-state index contributed by atoms with van der Waals surface area (Å²) in [5.74, 6) is -0.428. The lowest BCUT2D eigenvalue weighted by atomic mass is 10.1. The minimum Gasteiger partial charge on any atom is -0.444 e. The second kappa shape index (κ2) is 12.4. The van der Waals surface area contributed by atoms with Crippen molar-refractivity contribution in [3.05, 3.63) is 36.3 Å². The number of fused-ring (bicyclic) bond motifs is 2. The Bertz CT molecular complexity index is 1730. The molecule has 2 unspecified atom stereocenters. The van der Waals surface area contributed by atoms with Gasteiger partial charge in [-0.15, -0.1) is 0 Å². The molecule has 3 fully saturated rings. The summed E-state index contributed by atoms with van der Waals surface area (Å²) in [4.78, 5) is 43.4. The summed E-state index contributed by atoms with van der Waals surface area (Å²) in [6.45, 7) is 7.84. The summed E-state index contributed by atoms with van der Waals surface area (Å²) in [5, 5.41) is 6.52. The van der Waals surface area contributed by atoms with Crippen molar-refractivity contribution in [2.45, 2.75) is 77.1 Å². The topological polar surface area (TPSA) is 147 Å². The van der Waals surface area contributed by atoms with E-state index in [-0.39, 0.29) is 47.0 Å². The maximum absolute atomic E-state index is 15.9. The van der Waals surface area contributed by atoms with Crippen LogP contribution in [0.5, 0.6) is 0 Å².